The molecule has 0 aliphatic heterocycles. The molecular formula is C22H17BrN4O3S. The van der Waals surface area contributed by atoms with Crippen LogP contribution in [0.4, 0.5) is 5.69 Å². The van der Waals surface area contributed by atoms with E-state index in [0.717, 1.165) is 31.8 Å². The summed E-state index contributed by atoms with van der Waals surface area (Å²) in [6.07, 6.45) is 1.62. The molecule has 9 heteroatoms. The van der Waals surface area contributed by atoms with Crippen LogP contribution >= 0.6 is 27.3 Å². The fourth-order valence-electron chi connectivity index (χ4n) is 3.38. The van der Waals surface area contributed by atoms with Crippen molar-refractivity contribution >= 4 is 55.2 Å². The molecule has 7 nitrogen and oxygen atoms in total. The molecule has 2 heterocycles. The van der Waals surface area contributed by atoms with Crippen LogP contribution in [0.2, 0.25) is 0 Å². The number of carbonyl (C=O) groups excluding carboxylic acids is 1. The van der Waals surface area contributed by atoms with Gasteiger partial charge in [0.15, 0.2) is 0 Å². The number of non-ortho nitro benzene ring substituents is 1. The molecule has 1 amide bonds. The summed E-state index contributed by atoms with van der Waals surface area (Å²) in [5.41, 5.74) is 6.54. The third kappa shape index (κ3) is 4.28. The van der Waals surface area contributed by atoms with Gasteiger partial charge in [0.1, 0.15) is 0 Å². The zero-order chi connectivity index (χ0) is 22.1. The molecule has 4 aromatic rings. The van der Waals surface area contributed by atoms with Crippen LogP contribution in [0.25, 0.3) is 15.8 Å². The van der Waals surface area contributed by atoms with Crippen molar-refractivity contribution in [2.45, 2.75) is 13.8 Å². The van der Waals surface area contributed by atoms with Crippen LogP contribution in [-0.2, 0) is 0 Å². The highest BCUT2D eigenvalue weighted by Crippen LogP contribution is 2.29. The maximum atomic E-state index is 12.5. The van der Waals surface area contributed by atoms with Crippen LogP contribution in [0.5, 0.6) is 0 Å². The topological polar surface area (TPSA) is 89.5 Å². The van der Waals surface area contributed by atoms with E-state index in [9.17, 15) is 14.9 Å². The van der Waals surface area contributed by atoms with E-state index in [1.807, 2.05) is 44.2 Å². The molecule has 0 atom stereocenters. The quantitative estimate of drug-likeness (QED) is 0.217. The molecule has 0 saturated heterocycles. The molecule has 0 fully saturated rings. The summed E-state index contributed by atoms with van der Waals surface area (Å²) in [5, 5.41) is 15.7. The first-order valence-corrected chi connectivity index (χ1v) is 10.9. The second-order valence-electron chi connectivity index (χ2n) is 6.93. The van der Waals surface area contributed by atoms with Gasteiger partial charge in [-0.05, 0) is 56.3 Å². The van der Waals surface area contributed by atoms with Crippen LogP contribution in [0, 0.1) is 24.0 Å². The Labute approximate surface area is 190 Å². The molecule has 31 heavy (non-hydrogen) atoms. The Morgan fingerprint density at radius 2 is 1.90 bits per heavy atom. The molecule has 156 valence electrons. The van der Waals surface area contributed by atoms with Gasteiger partial charge in [-0.25, -0.2) is 5.43 Å². The van der Waals surface area contributed by atoms with Crippen molar-refractivity contribution in [1.29, 1.82) is 0 Å². The first-order valence-electron chi connectivity index (χ1n) is 9.30. The molecule has 1 N–H and O–H groups in total. The summed E-state index contributed by atoms with van der Waals surface area (Å²) in [6.45, 7) is 4.01. The van der Waals surface area contributed by atoms with Crippen molar-refractivity contribution in [2.75, 3.05) is 0 Å². The van der Waals surface area contributed by atoms with Gasteiger partial charge in [-0.2, -0.15) is 5.10 Å². The average Bonchev–Trinajstić information content (AvgIpc) is 3.29. The number of thiophene rings is 1. The van der Waals surface area contributed by atoms with Crippen molar-refractivity contribution in [3.05, 3.63) is 91.0 Å². The predicted octanol–water partition coefficient (Wildman–Crippen LogP) is 5.74. The van der Waals surface area contributed by atoms with Crippen molar-refractivity contribution in [2.24, 2.45) is 5.10 Å². The van der Waals surface area contributed by atoms with E-state index in [4.69, 9.17) is 0 Å². The highest BCUT2D eigenvalue weighted by Gasteiger charge is 2.13. The highest BCUT2D eigenvalue weighted by molar-refractivity contribution is 9.10. The Kier molecular flexibility index (Phi) is 5.71. The fourth-order valence-corrected chi connectivity index (χ4v) is 4.57. The van der Waals surface area contributed by atoms with Crippen molar-refractivity contribution in [3.8, 4) is 5.69 Å². The van der Waals surface area contributed by atoms with Gasteiger partial charge in [0.2, 0.25) is 0 Å². The van der Waals surface area contributed by atoms with Crippen molar-refractivity contribution in [3.63, 3.8) is 0 Å². The molecule has 0 spiro atoms. The summed E-state index contributed by atoms with van der Waals surface area (Å²) < 4.78 is 3.94. The molecular weight excluding hydrogens is 480 g/mol. The minimum atomic E-state index is -0.453. The van der Waals surface area contributed by atoms with Gasteiger partial charge in [-0.1, -0.05) is 15.9 Å². The van der Waals surface area contributed by atoms with E-state index in [1.165, 1.54) is 23.5 Å². The minimum Gasteiger partial charge on any atom is -0.318 e. The standard InChI is InChI=1S/C22H17BrN4O3S/c1-13-9-16(14(2)26(13)18-5-3-17(23)4-6-18)12-24-25-22(28)21-11-15-10-19(27(29)30)7-8-20(15)31-21/h3-12H,1-2H3,(H,25,28). The lowest BCUT2D eigenvalue weighted by molar-refractivity contribution is -0.384. The number of hydrazone groups is 1. The summed E-state index contributed by atoms with van der Waals surface area (Å²) in [6, 6.07) is 16.2. The van der Waals surface area contributed by atoms with Gasteiger partial charge >= 0.3 is 0 Å². The van der Waals surface area contributed by atoms with E-state index in [1.54, 1.807) is 18.3 Å². The molecule has 0 aliphatic rings. The summed E-state index contributed by atoms with van der Waals surface area (Å²) in [7, 11) is 0. The molecule has 0 saturated carbocycles. The molecule has 0 aliphatic carbocycles. The number of rotatable bonds is 5. The van der Waals surface area contributed by atoms with E-state index in [0.29, 0.717) is 10.3 Å². The first-order chi connectivity index (χ1) is 14.8. The highest BCUT2D eigenvalue weighted by atomic mass is 79.9. The van der Waals surface area contributed by atoms with E-state index in [2.05, 4.69) is 31.0 Å². The monoisotopic (exact) mass is 496 g/mol. The third-order valence-electron chi connectivity index (χ3n) is 4.86. The largest absolute Gasteiger partial charge is 0.318 e. The Hall–Kier alpha value is -3.30. The fraction of sp³-hybridized carbons (Fsp3) is 0.0909. The number of nitrogens with one attached hydrogen (secondary N) is 1. The normalized spacial score (nSPS) is 11.3. The molecule has 0 unspecified atom stereocenters. The van der Waals surface area contributed by atoms with Gasteiger partial charge in [-0.15, -0.1) is 11.3 Å². The first kappa shape index (κ1) is 21.0. The number of nitro benzene ring substituents is 1. The summed E-state index contributed by atoms with van der Waals surface area (Å²) >= 11 is 4.71. The second kappa shape index (κ2) is 8.44. The molecule has 2 aromatic carbocycles. The van der Waals surface area contributed by atoms with Gasteiger partial charge in [0.25, 0.3) is 11.6 Å². The number of amides is 1. The average molecular weight is 497 g/mol. The Morgan fingerprint density at radius 1 is 1.16 bits per heavy atom. The van der Waals surface area contributed by atoms with Crippen molar-refractivity contribution in [1.82, 2.24) is 9.99 Å². The second-order valence-corrected chi connectivity index (χ2v) is 8.93. The Morgan fingerprint density at radius 3 is 2.61 bits per heavy atom. The van der Waals surface area contributed by atoms with Crippen LogP contribution in [-0.4, -0.2) is 21.6 Å². The SMILES string of the molecule is Cc1cc(C=NNC(=O)c2cc3cc([N+](=O)[O-])ccc3s2)c(C)n1-c1ccc(Br)cc1. The van der Waals surface area contributed by atoms with E-state index in [-0.39, 0.29) is 11.6 Å². The van der Waals surface area contributed by atoms with E-state index < -0.39 is 4.92 Å². The number of benzene rings is 2. The number of aromatic nitrogens is 1. The van der Waals surface area contributed by atoms with Gasteiger partial charge in [-0.3, -0.25) is 14.9 Å². The number of fused-ring (bicyclic) bond motifs is 1. The molecule has 2 aromatic heterocycles. The lowest BCUT2D eigenvalue weighted by Crippen LogP contribution is -2.16. The summed E-state index contributed by atoms with van der Waals surface area (Å²) in [5.74, 6) is -0.359. The molecule has 0 radical (unpaired) electrons. The van der Waals surface area contributed by atoms with Crippen LogP contribution in [0.3, 0.4) is 0 Å². The Balaban J connectivity index is 1.51. The zero-order valence-electron chi connectivity index (χ0n) is 16.6. The lowest BCUT2D eigenvalue weighted by atomic mass is 10.2. The number of aryl methyl sites for hydroxylation is 1. The number of hydrogen-bond acceptors (Lipinski definition) is 5. The Bertz CT molecular complexity index is 1340. The smallest absolute Gasteiger partial charge is 0.281 e. The van der Waals surface area contributed by atoms with Gasteiger partial charge < -0.3 is 4.57 Å². The van der Waals surface area contributed by atoms with Crippen LogP contribution in [0.15, 0.2) is 64.2 Å². The third-order valence-corrected chi connectivity index (χ3v) is 6.50. The predicted molar refractivity (Wildman–Crippen MR) is 126 cm³/mol. The van der Waals surface area contributed by atoms with Gasteiger partial charge in [0, 0.05) is 49.3 Å². The molecule has 4 rings (SSSR count). The van der Waals surface area contributed by atoms with Crippen LogP contribution in [0.1, 0.15) is 26.6 Å². The number of carbonyl (C=O) groups is 1. The van der Waals surface area contributed by atoms with Crippen molar-refractivity contribution < 1.29 is 9.72 Å². The van der Waals surface area contributed by atoms with Crippen LogP contribution < -0.4 is 5.43 Å². The number of halogens is 1. The van der Waals surface area contributed by atoms with Gasteiger partial charge in [0.05, 0.1) is 16.0 Å². The van der Waals surface area contributed by atoms with E-state index >= 15 is 0 Å². The zero-order valence-corrected chi connectivity index (χ0v) is 19.0. The lowest BCUT2D eigenvalue weighted by Gasteiger charge is -2.09. The number of hydrogen-bond donors (Lipinski definition) is 1. The maximum Gasteiger partial charge on any atom is 0.281 e. The molecule has 0 bridgehead atoms. The summed E-state index contributed by atoms with van der Waals surface area (Å²) in [4.78, 5) is 23.4. The maximum absolute atomic E-state index is 12.5. The minimum absolute atomic E-state index is 0.00332. The number of nitro groups is 1. The number of nitrogens with zero attached hydrogens (tertiary/aromatic N) is 3.